The minimum atomic E-state index is 0.213. The first kappa shape index (κ1) is 9.63. The van der Waals surface area contributed by atoms with Crippen LogP contribution in [-0.2, 0) is 13.5 Å². The van der Waals surface area contributed by atoms with Crippen molar-refractivity contribution < 1.29 is 0 Å². The quantitative estimate of drug-likeness (QED) is 0.745. The molecule has 0 saturated carbocycles. The van der Waals surface area contributed by atoms with Crippen LogP contribution >= 0.6 is 0 Å². The van der Waals surface area contributed by atoms with Gasteiger partial charge in [-0.15, -0.1) is 5.10 Å². The third kappa shape index (κ3) is 1.80. The van der Waals surface area contributed by atoms with Crippen molar-refractivity contribution in [2.75, 3.05) is 5.73 Å². The first-order valence-corrected chi connectivity index (χ1v) is 4.79. The molecule has 7 heteroatoms. The standard InChI is InChI=1S/C8H13N7/c1-3-4-5-10-7(15(2)14-5)6-11-8(9)13-12-6/h3-4H2,1-2H3,(H3,9,11,12,13). The van der Waals surface area contributed by atoms with Crippen molar-refractivity contribution in [1.29, 1.82) is 0 Å². The van der Waals surface area contributed by atoms with Crippen molar-refractivity contribution in [3.63, 3.8) is 0 Å². The highest BCUT2D eigenvalue weighted by Gasteiger charge is 2.12. The molecule has 0 amide bonds. The summed E-state index contributed by atoms with van der Waals surface area (Å²) in [5, 5.41) is 10.7. The van der Waals surface area contributed by atoms with Crippen LogP contribution in [0, 0.1) is 0 Å². The zero-order valence-electron chi connectivity index (χ0n) is 8.73. The van der Waals surface area contributed by atoms with E-state index in [0.29, 0.717) is 11.6 Å². The molecule has 3 N–H and O–H groups in total. The van der Waals surface area contributed by atoms with E-state index in [-0.39, 0.29) is 5.95 Å². The second kappa shape index (κ2) is 3.68. The summed E-state index contributed by atoms with van der Waals surface area (Å²) in [4.78, 5) is 8.35. The van der Waals surface area contributed by atoms with Crippen molar-refractivity contribution in [2.24, 2.45) is 7.05 Å². The Balaban J connectivity index is 2.35. The van der Waals surface area contributed by atoms with Crippen LogP contribution in [0.3, 0.4) is 0 Å². The van der Waals surface area contributed by atoms with Crippen molar-refractivity contribution in [3.05, 3.63) is 5.82 Å². The molecule has 0 aliphatic rings. The fraction of sp³-hybridized carbons (Fsp3) is 0.500. The maximum Gasteiger partial charge on any atom is 0.239 e. The van der Waals surface area contributed by atoms with Crippen molar-refractivity contribution in [1.82, 2.24) is 29.9 Å². The largest absolute Gasteiger partial charge is 0.366 e. The molecule has 0 unspecified atom stereocenters. The Bertz CT molecular complexity index is 455. The molecule has 0 bridgehead atoms. The van der Waals surface area contributed by atoms with E-state index in [4.69, 9.17) is 5.73 Å². The molecular weight excluding hydrogens is 194 g/mol. The minimum absolute atomic E-state index is 0.213. The fourth-order valence-electron chi connectivity index (χ4n) is 1.35. The Kier molecular flexibility index (Phi) is 2.36. The highest BCUT2D eigenvalue weighted by molar-refractivity contribution is 5.44. The predicted octanol–water partition coefficient (Wildman–Crippen LogP) is 0.135. The lowest BCUT2D eigenvalue weighted by Crippen LogP contribution is -1.96. The molecule has 2 heterocycles. The second-order valence-electron chi connectivity index (χ2n) is 3.27. The normalized spacial score (nSPS) is 10.8. The summed E-state index contributed by atoms with van der Waals surface area (Å²) in [5.74, 6) is 2.22. The molecule has 15 heavy (non-hydrogen) atoms. The molecule has 80 valence electrons. The predicted molar refractivity (Wildman–Crippen MR) is 54.8 cm³/mol. The number of aromatic nitrogens is 6. The zero-order valence-corrected chi connectivity index (χ0v) is 8.73. The van der Waals surface area contributed by atoms with Gasteiger partial charge in [-0.3, -0.25) is 5.10 Å². The molecular formula is C8H13N7. The second-order valence-corrected chi connectivity index (χ2v) is 3.27. The summed E-state index contributed by atoms with van der Waals surface area (Å²) in [5.41, 5.74) is 5.42. The average Bonchev–Trinajstić information content (AvgIpc) is 2.73. The Morgan fingerprint density at radius 2 is 2.20 bits per heavy atom. The number of anilines is 1. The van der Waals surface area contributed by atoms with Crippen LogP contribution in [0.4, 0.5) is 5.95 Å². The van der Waals surface area contributed by atoms with Crippen LogP contribution in [0.15, 0.2) is 0 Å². The number of nitrogens with two attached hydrogens (primary N) is 1. The number of hydrogen-bond acceptors (Lipinski definition) is 5. The van der Waals surface area contributed by atoms with Crippen LogP contribution in [0.5, 0.6) is 0 Å². The summed E-state index contributed by atoms with van der Waals surface area (Å²) in [6.07, 6.45) is 1.87. The van der Waals surface area contributed by atoms with Gasteiger partial charge in [0.05, 0.1) is 0 Å². The molecule has 0 spiro atoms. The summed E-state index contributed by atoms with van der Waals surface area (Å²) in [7, 11) is 1.82. The topological polar surface area (TPSA) is 98.3 Å². The van der Waals surface area contributed by atoms with Crippen LogP contribution in [0.25, 0.3) is 11.6 Å². The number of aryl methyl sites for hydroxylation is 2. The molecule has 7 nitrogen and oxygen atoms in total. The summed E-state index contributed by atoms with van der Waals surface area (Å²) in [6.45, 7) is 2.09. The van der Waals surface area contributed by atoms with E-state index < -0.39 is 0 Å². The fourth-order valence-corrected chi connectivity index (χ4v) is 1.35. The molecule has 0 fully saturated rings. The van der Waals surface area contributed by atoms with Crippen molar-refractivity contribution in [2.45, 2.75) is 19.8 Å². The summed E-state index contributed by atoms with van der Waals surface area (Å²) in [6, 6.07) is 0. The van der Waals surface area contributed by atoms with E-state index in [0.717, 1.165) is 18.7 Å². The van der Waals surface area contributed by atoms with E-state index in [1.807, 2.05) is 7.05 Å². The van der Waals surface area contributed by atoms with Gasteiger partial charge >= 0.3 is 0 Å². The molecule has 0 aliphatic heterocycles. The number of H-pyrrole nitrogens is 1. The lowest BCUT2D eigenvalue weighted by atomic mass is 10.3. The van der Waals surface area contributed by atoms with Crippen LogP contribution in [0.2, 0.25) is 0 Å². The summed E-state index contributed by atoms with van der Waals surface area (Å²) >= 11 is 0. The van der Waals surface area contributed by atoms with Crippen LogP contribution in [0.1, 0.15) is 19.2 Å². The van der Waals surface area contributed by atoms with E-state index in [2.05, 4.69) is 32.2 Å². The van der Waals surface area contributed by atoms with Gasteiger partial charge in [-0.1, -0.05) is 6.92 Å². The highest BCUT2D eigenvalue weighted by atomic mass is 15.4. The Morgan fingerprint density at radius 1 is 1.40 bits per heavy atom. The van der Waals surface area contributed by atoms with Crippen molar-refractivity contribution in [3.8, 4) is 11.6 Å². The van der Waals surface area contributed by atoms with Gasteiger partial charge in [-0.05, 0) is 6.42 Å². The molecule has 0 atom stereocenters. The van der Waals surface area contributed by atoms with Gasteiger partial charge in [0.2, 0.25) is 5.95 Å². The molecule has 2 aromatic heterocycles. The van der Waals surface area contributed by atoms with E-state index in [1.54, 1.807) is 4.68 Å². The molecule has 0 radical (unpaired) electrons. The molecule has 0 aromatic carbocycles. The van der Waals surface area contributed by atoms with Crippen LogP contribution < -0.4 is 5.73 Å². The minimum Gasteiger partial charge on any atom is -0.366 e. The molecule has 0 aliphatic carbocycles. The molecule has 2 aromatic rings. The maximum absolute atomic E-state index is 5.42. The third-order valence-electron chi connectivity index (χ3n) is 2.00. The van der Waals surface area contributed by atoms with Gasteiger partial charge < -0.3 is 5.73 Å². The van der Waals surface area contributed by atoms with Gasteiger partial charge in [-0.25, -0.2) is 9.67 Å². The monoisotopic (exact) mass is 207 g/mol. The average molecular weight is 207 g/mol. The maximum atomic E-state index is 5.42. The smallest absolute Gasteiger partial charge is 0.239 e. The summed E-state index contributed by atoms with van der Waals surface area (Å²) < 4.78 is 1.67. The Morgan fingerprint density at radius 3 is 2.80 bits per heavy atom. The number of nitrogens with zero attached hydrogens (tertiary/aromatic N) is 5. The lowest BCUT2D eigenvalue weighted by molar-refractivity contribution is 0.735. The SMILES string of the molecule is CCCc1nc(-c2nc(N)n[nH]2)n(C)n1. The number of nitrogens with one attached hydrogen (secondary N) is 1. The number of hydrogen-bond donors (Lipinski definition) is 2. The van der Waals surface area contributed by atoms with Gasteiger partial charge in [0.1, 0.15) is 0 Å². The first-order chi connectivity index (χ1) is 7.20. The van der Waals surface area contributed by atoms with Crippen molar-refractivity contribution >= 4 is 5.95 Å². The molecule has 0 saturated heterocycles. The van der Waals surface area contributed by atoms with Gasteiger partial charge in [0, 0.05) is 13.5 Å². The number of aromatic amines is 1. The lowest BCUT2D eigenvalue weighted by Gasteiger charge is -1.91. The molecule has 2 rings (SSSR count). The highest BCUT2D eigenvalue weighted by Crippen LogP contribution is 2.12. The Labute approximate surface area is 86.7 Å². The first-order valence-electron chi connectivity index (χ1n) is 4.79. The van der Waals surface area contributed by atoms with Gasteiger partial charge in [0.15, 0.2) is 17.5 Å². The van der Waals surface area contributed by atoms with Gasteiger partial charge in [-0.2, -0.15) is 10.1 Å². The van der Waals surface area contributed by atoms with E-state index in [1.165, 1.54) is 0 Å². The van der Waals surface area contributed by atoms with Crippen LogP contribution in [-0.4, -0.2) is 29.9 Å². The van der Waals surface area contributed by atoms with Gasteiger partial charge in [0.25, 0.3) is 0 Å². The Hall–Kier alpha value is -1.92. The van der Waals surface area contributed by atoms with E-state index >= 15 is 0 Å². The number of rotatable bonds is 3. The van der Waals surface area contributed by atoms with E-state index in [9.17, 15) is 0 Å². The third-order valence-corrected chi connectivity index (χ3v) is 2.00. The zero-order chi connectivity index (χ0) is 10.8. The number of nitrogen functional groups attached to an aromatic ring is 1.